The lowest BCUT2D eigenvalue weighted by Crippen LogP contribution is -2.02. The van der Waals surface area contributed by atoms with Crippen molar-refractivity contribution in [3.63, 3.8) is 0 Å². The summed E-state index contributed by atoms with van der Waals surface area (Å²) in [6.45, 7) is 0. The van der Waals surface area contributed by atoms with Gasteiger partial charge in [-0.05, 0) is 18.2 Å². The topological polar surface area (TPSA) is 216 Å². The Morgan fingerprint density at radius 3 is 2.61 bits per heavy atom. The molecular weight excluding hydrogens is 416 g/mol. The van der Waals surface area contributed by atoms with Crippen LogP contribution >= 0.6 is 12.0 Å². The van der Waals surface area contributed by atoms with Gasteiger partial charge >= 0.3 is 0 Å². The second kappa shape index (κ2) is 8.79. The number of hydrogen-bond donors (Lipinski definition) is 4. The van der Waals surface area contributed by atoms with Crippen molar-refractivity contribution in [1.29, 1.82) is 5.26 Å². The summed E-state index contributed by atoms with van der Waals surface area (Å²) in [7, 11) is -3.39. The smallest absolute Gasteiger partial charge is 0.296 e. The van der Waals surface area contributed by atoms with Gasteiger partial charge in [0.25, 0.3) is 10.1 Å². The minimum atomic E-state index is -4.65. The zero-order valence-electron chi connectivity index (χ0n) is 13.9. The molecule has 15 heteroatoms. The maximum Gasteiger partial charge on any atom is 0.296 e. The number of pyridine rings is 1. The minimum Gasteiger partial charge on any atom is -0.480 e. The predicted octanol–water partition coefficient (Wildman–Crippen LogP) is 2.22. The van der Waals surface area contributed by atoms with Crippen LogP contribution in [0.2, 0.25) is 0 Å². The Morgan fingerprint density at radius 2 is 2.04 bits per heavy atom. The minimum absolute atomic E-state index is 0.116. The van der Waals surface area contributed by atoms with Gasteiger partial charge in [-0.2, -0.15) is 18.7 Å². The molecule has 2 aromatic rings. The number of ether oxygens (including phenoxy) is 1. The number of hydrogen-bond acceptors (Lipinski definition) is 13. The van der Waals surface area contributed by atoms with E-state index in [1.807, 2.05) is 0 Å². The SMILES string of the molecule is COc1nc(N)c(/N=N/c2cc(SOOO)ccc2S(=O)(=O)O)c(N)c1C#N. The largest absolute Gasteiger partial charge is 0.480 e. The Kier molecular flexibility index (Phi) is 6.69. The maximum absolute atomic E-state index is 11.5. The molecule has 0 saturated carbocycles. The molecule has 0 amide bonds. The van der Waals surface area contributed by atoms with Crippen molar-refractivity contribution < 1.29 is 32.3 Å². The van der Waals surface area contributed by atoms with Gasteiger partial charge in [-0.3, -0.25) is 4.55 Å². The lowest BCUT2D eigenvalue weighted by Gasteiger charge is -2.09. The van der Waals surface area contributed by atoms with Gasteiger partial charge in [-0.15, -0.1) is 14.6 Å². The number of aromatic nitrogens is 1. The summed E-state index contributed by atoms with van der Waals surface area (Å²) in [6, 6.07) is 5.21. The van der Waals surface area contributed by atoms with Gasteiger partial charge in [0, 0.05) is 4.90 Å². The van der Waals surface area contributed by atoms with E-state index in [-0.39, 0.29) is 39.2 Å². The quantitative estimate of drug-likeness (QED) is 0.164. The molecule has 148 valence electrons. The van der Waals surface area contributed by atoms with E-state index in [1.54, 1.807) is 6.07 Å². The van der Waals surface area contributed by atoms with Crippen LogP contribution in [0.1, 0.15) is 5.56 Å². The molecule has 1 aromatic heterocycles. The summed E-state index contributed by atoms with van der Waals surface area (Å²) in [5.41, 5.74) is 10.7. The monoisotopic (exact) mass is 428 g/mol. The highest BCUT2D eigenvalue weighted by Crippen LogP contribution is 2.38. The molecule has 0 radical (unpaired) electrons. The van der Waals surface area contributed by atoms with Crippen molar-refractivity contribution in [3.05, 3.63) is 23.8 Å². The normalized spacial score (nSPS) is 11.5. The number of methoxy groups -OCH3 is 1. The molecule has 0 aliphatic rings. The lowest BCUT2D eigenvalue weighted by atomic mass is 10.2. The van der Waals surface area contributed by atoms with Gasteiger partial charge in [-0.25, -0.2) is 5.26 Å². The molecule has 0 bridgehead atoms. The fraction of sp³-hybridized carbons (Fsp3) is 0.0769. The van der Waals surface area contributed by atoms with Gasteiger partial charge < -0.3 is 16.2 Å². The highest BCUT2D eigenvalue weighted by atomic mass is 32.2. The highest BCUT2D eigenvalue weighted by Gasteiger charge is 2.19. The number of azo groups is 1. The maximum atomic E-state index is 11.5. The first-order valence-corrected chi connectivity index (χ1v) is 9.12. The van der Waals surface area contributed by atoms with Gasteiger partial charge in [0.1, 0.15) is 22.2 Å². The molecule has 0 atom stereocenters. The molecular formula is C13H12N6O7S2. The predicted molar refractivity (Wildman–Crippen MR) is 95.4 cm³/mol. The lowest BCUT2D eigenvalue weighted by molar-refractivity contribution is -0.432. The van der Waals surface area contributed by atoms with Crippen LogP contribution in [0.5, 0.6) is 5.88 Å². The number of nitrogen functional groups attached to an aromatic ring is 2. The van der Waals surface area contributed by atoms with Crippen LogP contribution in [0.15, 0.2) is 38.2 Å². The molecule has 0 aliphatic carbocycles. The van der Waals surface area contributed by atoms with Crippen LogP contribution in [0, 0.1) is 11.3 Å². The van der Waals surface area contributed by atoms with Crippen LogP contribution in [0.25, 0.3) is 0 Å². The summed E-state index contributed by atoms with van der Waals surface area (Å²) in [6.07, 6.45) is 0. The van der Waals surface area contributed by atoms with E-state index in [1.165, 1.54) is 13.2 Å². The third kappa shape index (κ3) is 4.64. The Morgan fingerprint density at radius 1 is 1.32 bits per heavy atom. The fourth-order valence-corrected chi connectivity index (χ4v) is 2.95. The fourth-order valence-electron chi connectivity index (χ4n) is 1.95. The van der Waals surface area contributed by atoms with Crippen molar-refractivity contribution in [1.82, 2.24) is 4.98 Å². The van der Waals surface area contributed by atoms with Crippen LogP contribution < -0.4 is 16.2 Å². The molecule has 13 nitrogen and oxygen atoms in total. The molecule has 2 rings (SSSR count). The zero-order valence-corrected chi connectivity index (χ0v) is 15.6. The third-order valence-electron chi connectivity index (χ3n) is 3.13. The third-order valence-corrected chi connectivity index (χ3v) is 4.61. The molecule has 0 spiro atoms. The Bertz CT molecular complexity index is 1070. The van der Waals surface area contributed by atoms with E-state index >= 15 is 0 Å². The number of nitrogens with two attached hydrogens (primary N) is 2. The molecule has 1 heterocycles. The van der Waals surface area contributed by atoms with Gasteiger partial charge in [-0.1, -0.05) is 5.04 Å². The van der Waals surface area contributed by atoms with Gasteiger partial charge in [0.15, 0.2) is 11.5 Å². The first kappa shape index (κ1) is 21.3. The molecule has 0 aliphatic heterocycles. The first-order chi connectivity index (χ1) is 13.2. The van der Waals surface area contributed by atoms with Crippen LogP contribution in [-0.4, -0.2) is 30.3 Å². The summed E-state index contributed by atoms with van der Waals surface area (Å²) in [4.78, 5) is 3.49. The molecule has 1 aromatic carbocycles. The van der Waals surface area contributed by atoms with E-state index in [0.717, 1.165) is 12.1 Å². The van der Waals surface area contributed by atoms with Gasteiger partial charge in [0.2, 0.25) is 5.88 Å². The van der Waals surface area contributed by atoms with Crippen LogP contribution in [0.3, 0.4) is 0 Å². The number of anilines is 2. The summed E-state index contributed by atoms with van der Waals surface area (Å²) in [5, 5.41) is 28.3. The average Bonchev–Trinajstić information content (AvgIpc) is 2.64. The second-order valence-corrected chi connectivity index (χ2v) is 6.95. The van der Waals surface area contributed by atoms with Crippen molar-refractivity contribution >= 4 is 45.0 Å². The number of benzene rings is 1. The Hall–Kier alpha value is -3.00. The van der Waals surface area contributed by atoms with Crippen molar-refractivity contribution in [3.8, 4) is 11.9 Å². The summed E-state index contributed by atoms with van der Waals surface area (Å²) in [5.74, 6) is -0.345. The number of nitriles is 1. The van der Waals surface area contributed by atoms with E-state index in [4.69, 9.17) is 21.5 Å². The zero-order chi connectivity index (χ0) is 20.9. The number of rotatable bonds is 7. The van der Waals surface area contributed by atoms with Crippen molar-refractivity contribution in [2.24, 2.45) is 10.2 Å². The molecule has 28 heavy (non-hydrogen) atoms. The van der Waals surface area contributed by atoms with E-state index in [9.17, 15) is 18.2 Å². The molecule has 0 fully saturated rings. The van der Waals surface area contributed by atoms with Gasteiger partial charge in [0.05, 0.1) is 24.8 Å². The van der Waals surface area contributed by atoms with Crippen molar-refractivity contribution in [2.45, 2.75) is 9.79 Å². The molecule has 6 N–H and O–H groups in total. The van der Waals surface area contributed by atoms with E-state index < -0.39 is 15.0 Å². The highest BCUT2D eigenvalue weighted by molar-refractivity contribution is 7.94. The Labute approximate surface area is 162 Å². The summed E-state index contributed by atoms with van der Waals surface area (Å²) >= 11 is 0.521. The van der Waals surface area contributed by atoms with Crippen LogP contribution in [0.4, 0.5) is 22.9 Å². The molecule has 0 saturated heterocycles. The van der Waals surface area contributed by atoms with E-state index in [0.29, 0.717) is 12.0 Å². The van der Waals surface area contributed by atoms with Crippen LogP contribution in [-0.2, 0) is 19.5 Å². The number of nitrogens with zero attached hydrogens (tertiary/aromatic N) is 4. The van der Waals surface area contributed by atoms with E-state index in [2.05, 4.69) is 24.6 Å². The second-order valence-electron chi connectivity index (χ2n) is 4.79. The average molecular weight is 428 g/mol. The first-order valence-electron chi connectivity index (χ1n) is 6.94. The van der Waals surface area contributed by atoms with Crippen molar-refractivity contribution in [2.75, 3.05) is 18.6 Å². The molecule has 0 unspecified atom stereocenters. The summed E-state index contributed by atoms with van der Waals surface area (Å²) < 4.78 is 41.6. The Balaban J connectivity index is 2.58. The standard InChI is InChI=1S/C13H12N6O7S2/c1-24-13-7(5-14)10(15)11(12(16)17-13)19-18-8-4-6(27-26-25-20)2-3-9(8)28(21,22)23/h2-4,20H,1H3,(H4,15,16,17)(H,21,22,23)/b19-18+.